The van der Waals surface area contributed by atoms with Crippen LogP contribution in [-0.4, -0.2) is 50.9 Å². The van der Waals surface area contributed by atoms with Crippen LogP contribution in [0.2, 0.25) is 0 Å². The van der Waals surface area contributed by atoms with Crippen molar-refractivity contribution in [2.45, 2.75) is 70.3 Å². The lowest BCUT2D eigenvalue weighted by Crippen LogP contribution is -2.44. The molecule has 0 radical (unpaired) electrons. The van der Waals surface area contributed by atoms with Gasteiger partial charge in [0, 0.05) is 30.4 Å². The second-order valence-corrected chi connectivity index (χ2v) is 12.8. The number of amides is 2. The number of ether oxygens (including phenoxy) is 3. The molecule has 8 nitrogen and oxygen atoms in total. The maximum absolute atomic E-state index is 14.2. The number of rotatable bonds is 9. The van der Waals surface area contributed by atoms with E-state index in [-0.39, 0.29) is 17.9 Å². The summed E-state index contributed by atoms with van der Waals surface area (Å²) in [5.74, 6) is 2.02. The number of anilines is 1. The fraction of sp³-hybridized carbons (Fsp3) is 0.500. The Labute approximate surface area is 258 Å². The van der Waals surface area contributed by atoms with Gasteiger partial charge in [-0.05, 0) is 105 Å². The molecule has 2 saturated carbocycles. The zero-order valence-electron chi connectivity index (χ0n) is 25.6. The number of benzene rings is 2. The van der Waals surface area contributed by atoms with E-state index in [0.717, 1.165) is 73.2 Å². The molecule has 0 unspecified atom stereocenters. The largest absolute Gasteiger partial charge is 0.496 e. The Morgan fingerprint density at radius 3 is 2.37 bits per heavy atom. The van der Waals surface area contributed by atoms with Crippen molar-refractivity contribution in [2.75, 3.05) is 32.8 Å². The number of alkyl carbamates (subject to hydrolysis) is 1. The summed E-state index contributed by atoms with van der Waals surface area (Å²) < 4.78 is 15.6. The lowest BCUT2D eigenvalue weighted by atomic mass is 9.78. The van der Waals surface area contributed by atoms with Crippen molar-refractivity contribution >= 4 is 29.0 Å². The average Bonchev–Trinajstić information content (AvgIpc) is 3.54. The Balaban J connectivity index is 1.31. The van der Waals surface area contributed by atoms with Gasteiger partial charge in [0.2, 0.25) is 5.91 Å². The maximum atomic E-state index is 14.2. The van der Waals surface area contributed by atoms with Crippen LogP contribution < -0.4 is 19.7 Å². The molecule has 2 aliphatic rings. The Hall–Kier alpha value is -3.59. The zero-order valence-corrected chi connectivity index (χ0v) is 26.5. The van der Waals surface area contributed by atoms with Gasteiger partial charge in [-0.1, -0.05) is 35.6 Å². The van der Waals surface area contributed by atoms with Crippen molar-refractivity contribution in [3.63, 3.8) is 0 Å². The van der Waals surface area contributed by atoms with Crippen LogP contribution in [0.1, 0.15) is 68.4 Å². The summed E-state index contributed by atoms with van der Waals surface area (Å²) in [5, 5.41) is 3.53. The number of carbonyl (C=O) groups is 2. The van der Waals surface area contributed by atoms with Gasteiger partial charge in [-0.15, -0.1) is 0 Å². The lowest BCUT2D eigenvalue weighted by Gasteiger charge is -2.36. The van der Waals surface area contributed by atoms with Crippen molar-refractivity contribution in [1.82, 2.24) is 10.3 Å². The van der Waals surface area contributed by atoms with Gasteiger partial charge in [0.05, 0.1) is 26.2 Å². The Morgan fingerprint density at radius 1 is 0.953 bits per heavy atom. The van der Waals surface area contributed by atoms with Crippen LogP contribution >= 0.6 is 11.3 Å². The minimum atomic E-state index is -0.409. The number of hydrogen-bond donors (Lipinski definition) is 1. The van der Waals surface area contributed by atoms with E-state index in [1.807, 2.05) is 17.2 Å². The molecule has 0 aliphatic heterocycles. The Bertz CT molecular complexity index is 1390. The molecule has 9 heteroatoms. The van der Waals surface area contributed by atoms with Crippen molar-refractivity contribution in [1.29, 1.82) is 0 Å². The SMILES string of the molecule is COC(=O)NC1CCC(C(=O)N(CC2CCC(c3ccc(OC)c(C)c3)CC2)c2cccc(-c3cnc(OC)s3)c2)CC1. The van der Waals surface area contributed by atoms with E-state index in [2.05, 4.69) is 53.6 Å². The average molecular weight is 606 g/mol. The van der Waals surface area contributed by atoms with Gasteiger partial charge >= 0.3 is 6.09 Å². The number of carbonyl (C=O) groups excluding carboxylic acids is 2. The van der Waals surface area contributed by atoms with Gasteiger partial charge in [-0.2, -0.15) is 0 Å². The first kappa shape index (κ1) is 30.9. The van der Waals surface area contributed by atoms with Gasteiger partial charge in [-0.3, -0.25) is 4.79 Å². The van der Waals surface area contributed by atoms with Crippen LogP contribution in [-0.2, 0) is 9.53 Å². The normalized spacial score (nSPS) is 22.0. The molecule has 0 bridgehead atoms. The highest BCUT2D eigenvalue weighted by Gasteiger charge is 2.33. The standard InChI is InChI=1S/C34H43N3O5S/c1-22-18-26(14-17-30(22)40-2)24-10-8-23(9-11-24)21-37(32(38)25-12-15-28(16-13-25)36-33(39)41-3)29-7-5-6-27(19-29)31-20-35-34(42-4)43-31/h5-7,14,17-20,23-25,28H,8-13,15-16,21H2,1-4H3,(H,36,39). The van der Waals surface area contributed by atoms with Gasteiger partial charge in [0.1, 0.15) is 5.75 Å². The van der Waals surface area contributed by atoms with Crippen molar-refractivity contribution < 1.29 is 23.8 Å². The van der Waals surface area contributed by atoms with Gasteiger partial charge in [0.15, 0.2) is 0 Å². The number of nitrogens with one attached hydrogen (secondary N) is 1. The van der Waals surface area contributed by atoms with E-state index >= 15 is 0 Å². The summed E-state index contributed by atoms with van der Waals surface area (Å²) in [6, 6.07) is 14.9. The first-order valence-electron chi connectivity index (χ1n) is 15.3. The van der Waals surface area contributed by atoms with E-state index in [4.69, 9.17) is 14.2 Å². The van der Waals surface area contributed by atoms with Gasteiger partial charge in [-0.25, -0.2) is 9.78 Å². The summed E-state index contributed by atoms with van der Waals surface area (Å²) in [6.45, 7) is 2.82. The van der Waals surface area contributed by atoms with E-state index in [1.54, 1.807) is 14.2 Å². The van der Waals surface area contributed by atoms with Crippen LogP contribution in [0.25, 0.3) is 10.4 Å². The molecule has 0 saturated heterocycles. The minimum absolute atomic E-state index is 0.0476. The van der Waals surface area contributed by atoms with Crippen molar-refractivity contribution in [3.05, 3.63) is 59.8 Å². The molecule has 1 aromatic heterocycles. The molecule has 2 amide bonds. The monoisotopic (exact) mass is 605 g/mol. The number of aryl methyl sites for hydroxylation is 1. The molecule has 0 atom stereocenters. The fourth-order valence-corrected chi connectivity index (χ4v) is 7.39. The van der Waals surface area contributed by atoms with E-state index in [9.17, 15) is 9.59 Å². The van der Waals surface area contributed by atoms with E-state index in [1.165, 1.54) is 29.6 Å². The molecule has 0 spiro atoms. The molecular formula is C34H43N3O5S. The molecule has 43 heavy (non-hydrogen) atoms. The number of nitrogens with zero attached hydrogens (tertiary/aromatic N) is 2. The second kappa shape index (κ2) is 14.3. The summed E-state index contributed by atoms with van der Waals surface area (Å²) in [5.41, 5.74) is 4.52. The van der Waals surface area contributed by atoms with Crippen LogP contribution in [0.4, 0.5) is 10.5 Å². The third-order valence-corrected chi connectivity index (χ3v) is 10.1. The van der Waals surface area contributed by atoms with Crippen molar-refractivity contribution in [3.8, 4) is 21.4 Å². The first-order valence-corrected chi connectivity index (χ1v) is 16.1. The van der Waals surface area contributed by atoms with Crippen LogP contribution in [0.3, 0.4) is 0 Å². The summed E-state index contributed by atoms with van der Waals surface area (Å²) >= 11 is 1.50. The molecule has 2 aromatic carbocycles. The number of hydrogen-bond acceptors (Lipinski definition) is 7. The summed E-state index contributed by atoms with van der Waals surface area (Å²) in [7, 11) is 4.72. The zero-order chi connectivity index (χ0) is 30.3. The number of thiazole rings is 1. The first-order chi connectivity index (χ1) is 20.9. The minimum Gasteiger partial charge on any atom is -0.496 e. The molecule has 230 valence electrons. The molecule has 2 fully saturated rings. The second-order valence-electron chi connectivity index (χ2n) is 11.8. The van der Waals surface area contributed by atoms with Crippen LogP contribution in [0.15, 0.2) is 48.7 Å². The molecule has 3 aromatic rings. The van der Waals surface area contributed by atoms with E-state index in [0.29, 0.717) is 23.6 Å². The molecule has 1 heterocycles. The highest BCUT2D eigenvalue weighted by molar-refractivity contribution is 7.16. The van der Waals surface area contributed by atoms with E-state index < -0.39 is 6.09 Å². The molecule has 1 N–H and O–H groups in total. The smallest absolute Gasteiger partial charge is 0.407 e. The third-order valence-electron chi connectivity index (χ3n) is 9.13. The maximum Gasteiger partial charge on any atom is 0.407 e. The van der Waals surface area contributed by atoms with Gasteiger partial charge < -0.3 is 24.4 Å². The van der Waals surface area contributed by atoms with Crippen molar-refractivity contribution in [2.24, 2.45) is 11.8 Å². The Morgan fingerprint density at radius 2 is 1.72 bits per heavy atom. The highest BCUT2D eigenvalue weighted by atomic mass is 32.1. The summed E-state index contributed by atoms with van der Waals surface area (Å²) in [6.07, 6.45) is 8.85. The number of aromatic nitrogens is 1. The highest BCUT2D eigenvalue weighted by Crippen LogP contribution is 2.39. The lowest BCUT2D eigenvalue weighted by molar-refractivity contribution is -0.123. The fourth-order valence-electron chi connectivity index (χ4n) is 6.66. The van der Waals surface area contributed by atoms with Gasteiger partial charge in [0.25, 0.3) is 5.19 Å². The predicted molar refractivity (Wildman–Crippen MR) is 170 cm³/mol. The topological polar surface area (TPSA) is 90.0 Å². The molecule has 5 rings (SSSR count). The van der Waals surface area contributed by atoms with Crippen LogP contribution in [0, 0.1) is 18.8 Å². The summed E-state index contributed by atoms with van der Waals surface area (Å²) in [4.78, 5) is 33.3. The predicted octanol–water partition coefficient (Wildman–Crippen LogP) is 7.36. The molecular weight excluding hydrogens is 562 g/mol. The molecule has 2 aliphatic carbocycles. The number of methoxy groups -OCH3 is 3. The third kappa shape index (κ3) is 7.50. The van der Waals surface area contributed by atoms with Crippen LogP contribution in [0.5, 0.6) is 10.9 Å². The quantitative estimate of drug-likeness (QED) is 0.274. The Kier molecular flexibility index (Phi) is 10.2.